The molecule has 10 heteroatoms. The molecule has 214 valence electrons. The summed E-state index contributed by atoms with van der Waals surface area (Å²) in [6.45, 7) is -1.94. The third kappa shape index (κ3) is 4.64. The van der Waals surface area contributed by atoms with Gasteiger partial charge in [0.15, 0.2) is 0 Å². The molecule has 2 aliphatic rings. The van der Waals surface area contributed by atoms with Gasteiger partial charge in [-0.3, -0.25) is 0 Å². The average Bonchev–Trinajstić information content (AvgIpc) is 3.24. The van der Waals surface area contributed by atoms with E-state index in [9.17, 15) is 13.2 Å². The van der Waals surface area contributed by atoms with Crippen molar-refractivity contribution in [3.8, 4) is 0 Å². The van der Waals surface area contributed by atoms with Gasteiger partial charge in [0.25, 0.3) is 0 Å². The number of nitrogens with zero attached hydrogens (tertiary/aromatic N) is 3. The zero-order valence-corrected chi connectivity index (χ0v) is 24.6. The molecule has 2 bridgehead atoms. The van der Waals surface area contributed by atoms with Crippen LogP contribution < -0.4 is 15.9 Å². The van der Waals surface area contributed by atoms with Crippen LogP contribution in [0.1, 0.15) is 12.5 Å². The zero-order valence-electron chi connectivity index (χ0n) is 22.9. The van der Waals surface area contributed by atoms with Crippen LogP contribution in [0.15, 0.2) is 133 Å². The second-order valence-corrected chi connectivity index (χ2v) is 15.7. The second-order valence-electron chi connectivity index (χ2n) is 10.1. The molecule has 1 atom stereocenters. The van der Waals surface area contributed by atoms with E-state index in [0.29, 0.717) is 29.0 Å². The molecule has 1 unspecified atom stereocenters. The van der Waals surface area contributed by atoms with E-state index in [1.807, 2.05) is 128 Å². The maximum atomic E-state index is 14.2. The molecule has 0 spiro atoms. The van der Waals surface area contributed by atoms with Crippen LogP contribution in [0, 0.1) is 0 Å². The molecule has 6 rings (SSSR count). The first-order chi connectivity index (χ1) is 20.4. The number of hydrogen-bond donors (Lipinski definition) is 0. The van der Waals surface area contributed by atoms with Crippen molar-refractivity contribution in [3.63, 3.8) is 0 Å². The summed E-state index contributed by atoms with van der Waals surface area (Å²) in [5.41, 5.74) is 1.79. The summed E-state index contributed by atoms with van der Waals surface area (Å²) in [5.74, 6) is 1.85. The number of benzene rings is 3. The van der Waals surface area contributed by atoms with Crippen LogP contribution in [0.4, 0.5) is 4.79 Å². The van der Waals surface area contributed by atoms with Crippen LogP contribution in [0.25, 0.3) is 5.57 Å². The molecule has 4 aromatic rings. The van der Waals surface area contributed by atoms with Gasteiger partial charge in [0.05, 0.1) is 0 Å². The Morgan fingerprint density at radius 3 is 1.86 bits per heavy atom. The number of fused-ring (bicyclic) bond motifs is 2. The number of amides is 2. The number of allylic oxidation sites excluding steroid dienone is 1. The van der Waals surface area contributed by atoms with Crippen molar-refractivity contribution in [2.24, 2.45) is 0 Å². The summed E-state index contributed by atoms with van der Waals surface area (Å²) >= 11 is 0. The summed E-state index contributed by atoms with van der Waals surface area (Å²) < 4.78 is 40.6. The van der Waals surface area contributed by atoms with Gasteiger partial charge in [-0.05, 0) is 0 Å². The predicted molar refractivity (Wildman–Crippen MR) is 166 cm³/mol. The molecule has 1 aromatic heterocycles. The first-order valence-electron chi connectivity index (χ1n) is 13.5. The first kappa shape index (κ1) is 28.0. The molecular formula is C32H30N3O5PS. The monoisotopic (exact) mass is 599 g/mol. The van der Waals surface area contributed by atoms with E-state index >= 15 is 0 Å². The minimum absolute atomic E-state index is 0.303. The van der Waals surface area contributed by atoms with E-state index in [1.54, 1.807) is 17.3 Å². The molecule has 1 fully saturated rings. The molecule has 0 aliphatic carbocycles. The summed E-state index contributed by atoms with van der Waals surface area (Å²) in [5, 5.41) is 2.91. The molecule has 2 amide bonds. The van der Waals surface area contributed by atoms with Gasteiger partial charge in [0.2, 0.25) is 0 Å². The van der Waals surface area contributed by atoms with E-state index in [1.165, 1.54) is 0 Å². The quantitative estimate of drug-likeness (QED) is 0.258. The summed E-state index contributed by atoms with van der Waals surface area (Å²) in [4.78, 5) is 19.0. The molecule has 0 saturated carbocycles. The fourth-order valence-electron chi connectivity index (χ4n) is 5.86. The van der Waals surface area contributed by atoms with Gasteiger partial charge in [-0.15, -0.1) is 0 Å². The van der Waals surface area contributed by atoms with Crippen LogP contribution >= 0.6 is 6.83 Å². The number of hydroxylamine groups is 2. The topological polar surface area (TPSA) is 89.0 Å². The molecule has 1 saturated heterocycles. The van der Waals surface area contributed by atoms with Crippen molar-refractivity contribution < 1.29 is 21.5 Å². The Labute approximate surface area is 245 Å². The molecule has 3 aromatic carbocycles. The van der Waals surface area contributed by atoms with Crippen molar-refractivity contribution in [3.05, 3.63) is 139 Å². The van der Waals surface area contributed by atoms with Gasteiger partial charge in [0.1, 0.15) is 0 Å². The second kappa shape index (κ2) is 10.9. The Bertz CT molecular complexity index is 1650. The van der Waals surface area contributed by atoms with Crippen molar-refractivity contribution in [1.82, 2.24) is 14.9 Å². The molecule has 42 heavy (non-hydrogen) atoms. The molecule has 0 N–H and O–H groups in total. The normalized spacial score (nSPS) is 18.1. The molecular weight excluding hydrogens is 569 g/mol. The molecule has 2 aliphatic heterocycles. The standard InChI is InChI=1S/C32H30N3O5PS/c1-2-22-41(29-12-6-3-7-13-29,30-14-8-4-9-15-30,31-16-10-5-11-17-31)40-42(37,38)39-35-28-23-27(24-34(25-28)32(35)36)26-18-20-33-21-19-26/h2-23,28H,24-25H2,1H3. The third-order valence-corrected chi connectivity index (χ3v) is 14.8. The van der Waals surface area contributed by atoms with Gasteiger partial charge in [-0.1, -0.05) is 0 Å². The fourth-order valence-corrected chi connectivity index (χ4v) is 13.4. The van der Waals surface area contributed by atoms with E-state index in [4.69, 9.17) is 8.25 Å². The van der Waals surface area contributed by atoms with Gasteiger partial charge in [-0.2, -0.15) is 0 Å². The van der Waals surface area contributed by atoms with Gasteiger partial charge >= 0.3 is 246 Å². The van der Waals surface area contributed by atoms with Crippen molar-refractivity contribution in [2.45, 2.75) is 13.0 Å². The van der Waals surface area contributed by atoms with Gasteiger partial charge in [0, 0.05) is 0 Å². The van der Waals surface area contributed by atoms with Crippen molar-refractivity contribution in [2.75, 3.05) is 13.1 Å². The summed E-state index contributed by atoms with van der Waals surface area (Å²) in [7, 11) is -4.86. The number of urea groups is 1. The van der Waals surface area contributed by atoms with Gasteiger partial charge in [-0.25, -0.2) is 0 Å². The predicted octanol–water partition coefficient (Wildman–Crippen LogP) is 4.76. The number of carbonyl (C=O) groups is 1. The van der Waals surface area contributed by atoms with Crippen LogP contribution in [-0.4, -0.2) is 48.5 Å². The number of pyridine rings is 1. The van der Waals surface area contributed by atoms with Crippen LogP contribution in [0.3, 0.4) is 0 Å². The van der Waals surface area contributed by atoms with E-state index in [-0.39, 0.29) is 0 Å². The summed E-state index contributed by atoms with van der Waals surface area (Å²) in [6, 6.07) is 30.5. The molecule has 0 radical (unpaired) electrons. The zero-order chi connectivity index (χ0) is 29.2. The van der Waals surface area contributed by atoms with Crippen LogP contribution in [0.5, 0.6) is 0 Å². The van der Waals surface area contributed by atoms with E-state index < -0.39 is 29.3 Å². The minimum atomic E-state index is -4.86. The SMILES string of the molecule is CC=CP(OS(=O)(=O)ON1C(=O)N2CC(c3ccncc3)=CC1C2)(c1ccccc1)(c1ccccc1)c1ccccc1. The van der Waals surface area contributed by atoms with Crippen molar-refractivity contribution in [1.29, 1.82) is 0 Å². The average molecular weight is 600 g/mol. The first-order valence-corrected chi connectivity index (χ1v) is 17.1. The Kier molecular flexibility index (Phi) is 7.29. The van der Waals surface area contributed by atoms with Crippen molar-refractivity contribution >= 4 is 44.7 Å². The van der Waals surface area contributed by atoms with E-state index in [0.717, 1.165) is 16.2 Å². The fraction of sp³-hybridized carbons (Fsp3) is 0.125. The summed E-state index contributed by atoms with van der Waals surface area (Å²) in [6.07, 6.45) is 7.03. The Morgan fingerprint density at radius 1 is 0.833 bits per heavy atom. The maximum absolute atomic E-state index is 14.2. The van der Waals surface area contributed by atoms with Gasteiger partial charge < -0.3 is 0 Å². The Hall–Kier alpha value is -4.14. The molecule has 3 heterocycles. The van der Waals surface area contributed by atoms with E-state index in [2.05, 4.69) is 4.98 Å². The number of carbonyl (C=O) groups excluding carboxylic acids is 1. The third-order valence-electron chi connectivity index (χ3n) is 7.63. The molecule has 8 nitrogen and oxygen atoms in total. The Morgan fingerprint density at radius 2 is 1.36 bits per heavy atom. The van der Waals surface area contributed by atoms with Crippen LogP contribution in [0.2, 0.25) is 0 Å². The van der Waals surface area contributed by atoms with Crippen LogP contribution in [-0.2, 0) is 18.7 Å². The number of hydrogen-bond acceptors (Lipinski definition) is 6. The number of aromatic nitrogens is 1. The Balaban J connectivity index is 1.49. The number of rotatable bonds is 9.